The molecule has 2 N–H and O–H groups in total. The highest BCUT2D eigenvalue weighted by molar-refractivity contribution is 5.84. The van der Waals surface area contributed by atoms with E-state index in [4.69, 9.17) is 14.7 Å². The van der Waals surface area contributed by atoms with Gasteiger partial charge >= 0.3 is 0 Å². The summed E-state index contributed by atoms with van der Waals surface area (Å²) in [5.41, 5.74) is 4.45. The molecule has 8 nitrogen and oxygen atoms in total. The molecule has 0 saturated carbocycles. The predicted molar refractivity (Wildman–Crippen MR) is 130 cm³/mol. The first-order valence-corrected chi connectivity index (χ1v) is 11.7. The second-order valence-corrected chi connectivity index (χ2v) is 8.86. The topological polar surface area (TPSA) is 94.0 Å². The minimum atomic E-state index is -0.272. The van der Waals surface area contributed by atoms with E-state index in [1.54, 1.807) is 16.9 Å². The van der Waals surface area contributed by atoms with Crippen molar-refractivity contribution in [3.63, 3.8) is 0 Å². The minimum absolute atomic E-state index is 0.00132. The van der Waals surface area contributed by atoms with Crippen LogP contribution in [0.5, 0.6) is 0 Å². The third kappa shape index (κ3) is 4.85. The number of halogens is 1. The van der Waals surface area contributed by atoms with Gasteiger partial charge in [-0.2, -0.15) is 14.8 Å². The van der Waals surface area contributed by atoms with Gasteiger partial charge in [-0.05, 0) is 29.3 Å². The average molecular weight is 475 g/mol. The first-order chi connectivity index (χ1) is 17.0. The molecular formula is C26H27FN6O2. The molecule has 0 fully saturated rings. The Morgan fingerprint density at radius 1 is 1.17 bits per heavy atom. The van der Waals surface area contributed by atoms with Crippen LogP contribution in [0.15, 0.2) is 48.7 Å². The Labute approximate surface area is 202 Å². The lowest BCUT2D eigenvalue weighted by molar-refractivity contribution is -0.124. The molecule has 3 heterocycles. The van der Waals surface area contributed by atoms with E-state index in [0.717, 1.165) is 33.3 Å². The van der Waals surface area contributed by atoms with Gasteiger partial charge in [0.2, 0.25) is 5.91 Å². The van der Waals surface area contributed by atoms with E-state index in [0.29, 0.717) is 44.5 Å². The molecule has 180 valence electrons. The normalized spacial score (nSPS) is 13.1. The number of amides is 1. The van der Waals surface area contributed by atoms with E-state index in [1.165, 1.54) is 12.1 Å². The quantitative estimate of drug-likeness (QED) is 0.422. The third-order valence-electron chi connectivity index (χ3n) is 6.04. The molecule has 4 aromatic rings. The van der Waals surface area contributed by atoms with E-state index < -0.39 is 0 Å². The van der Waals surface area contributed by atoms with Crippen molar-refractivity contribution in [1.29, 1.82) is 0 Å². The van der Waals surface area contributed by atoms with Gasteiger partial charge in [-0.3, -0.25) is 4.79 Å². The largest absolute Gasteiger partial charge is 0.375 e. The van der Waals surface area contributed by atoms with Gasteiger partial charge in [0.1, 0.15) is 11.6 Å². The summed E-state index contributed by atoms with van der Waals surface area (Å²) in [6, 6.07) is 12.4. The fourth-order valence-electron chi connectivity index (χ4n) is 4.13. The number of nitrogens with zero attached hydrogens (tertiary/aromatic N) is 4. The van der Waals surface area contributed by atoms with Crippen molar-refractivity contribution in [2.24, 2.45) is 5.92 Å². The van der Waals surface area contributed by atoms with Crippen LogP contribution in [-0.4, -0.2) is 32.3 Å². The molecule has 0 aliphatic carbocycles. The Morgan fingerprint density at radius 3 is 2.86 bits per heavy atom. The van der Waals surface area contributed by atoms with Crippen molar-refractivity contribution in [1.82, 2.24) is 25.1 Å². The summed E-state index contributed by atoms with van der Waals surface area (Å²) in [4.78, 5) is 21.6. The number of anilines is 1. The number of hydrogen-bond donors (Lipinski definition) is 2. The van der Waals surface area contributed by atoms with Crippen LogP contribution >= 0.6 is 0 Å². The lowest BCUT2D eigenvalue weighted by Crippen LogP contribution is -2.27. The molecule has 2 aromatic carbocycles. The van der Waals surface area contributed by atoms with Crippen LogP contribution in [0.25, 0.3) is 16.9 Å². The number of fused-ring (bicyclic) bond motifs is 2. The van der Waals surface area contributed by atoms with Crippen molar-refractivity contribution in [3.05, 3.63) is 76.9 Å². The van der Waals surface area contributed by atoms with Crippen LogP contribution in [0.2, 0.25) is 0 Å². The maximum absolute atomic E-state index is 13.6. The van der Waals surface area contributed by atoms with Crippen LogP contribution in [0.1, 0.15) is 36.2 Å². The fraction of sp³-hybridized carbons (Fsp3) is 0.308. The van der Waals surface area contributed by atoms with Gasteiger partial charge in [0.05, 0.1) is 30.6 Å². The van der Waals surface area contributed by atoms with E-state index in [9.17, 15) is 9.18 Å². The molecular weight excluding hydrogens is 447 g/mol. The molecule has 1 aliphatic heterocycles. The number of benzene rings is 2. The molecule has 0 atom stereocenters. The molecule has 0 unspecified atom stereocenters. The lowest BCUT2D eigenvalue weighted by atomic mass is 10.1. The standard InChI is InChI=1S/C26H27FN6O2/c1-16(2)25(34)29-13-18-6-4-8-23-21(18)14-30-33(23)26-31-22-15-35-10-9-20(22)24(32-26)28-12-17-5-3-7-19(27)11-17/h3-8,11,14,16H,9-10,12-13,15H2,1-2H3,(H,29,34)(H,28,31,32). The van der Waals surface area contributed by atoms with Gasteiger partial charge in [-0.1, -0.05) is 38.1 Å². The highest BCUT2D eigenvalue weighted by Crippen LogP contribution is 2.26. The molecule has 1 amide bonds. The summed E-state index contributed by atoms with van der Waals surface area (Å²) in [5.74, 6) is 0.769. The summed E-state index contributed by atoms with van der Waals surface area (Å²) >= 11 is 0. The fourth-order valence-corrected chi connectivity index (χ4v) is 4.13. The number of carbonyl (C=O) groups is 1. The van der Waals surface area contributed by atoms with Crippen LogP contribution in [0, 0.1) is 11.7 Å². The van der Waals surface area contributed by atoms with Crippen molar-refractivity contribution in [2.45, 2.75) is 40.0 Å². The highest BCUT2D eigenvalue weighted by atomic mass is 19.1. The molecule has 0 bridgehead atoms. The zero-order chi connectivity index (χ0) is 24.4. The first-order valence-electron chi connectivity index (χ1n) is 11.7. The number of rotatable bonds is 7. The minimum Gasteiger partial charge on any atom is -0.375 e. The smallest absolute Gasteiger partial charge is 0.253 e. The molecule has 5 rings (SSSR count). The molecule has 2 aromatic heterocycles. The number of nitrogens with one attached hydrogen (secondary N) is 2. The zero-order valence-corrected chi connectivity index (χ0v) is 19.7. The van der Waals surface area contributed by atoms with Crippen molar-refractivity contribution in [3.8, 4) is 5.95 Å². The van der Waals surface area contributed by atoms with Gasteiger partial charge < -0.3 is 15.4 Å². The Morgan fingerprint density at radius 2 is 2.03 bits per heavy atom. The summed E-state index contributed by atoms with van der Waals surface area (Å²) < 4.78 is 21.0. The van der Waals surface area contributed by atoms with Crippen LogP contribution < -0.4 is 10.6 Å². The Bertz CT molecular complexity index is 1380. The van der Waals surface area contributed by atoms with Crippen molar-refractivity contribution < 1.29 is 13.9 Å². The van der Waals surface area contributed by atoms with Gasteiger partial charge in [-0.25, -0.2) is 9.37 Å². The molecule has 0 saturated heterocycles. The Hall–Kier alpha value is -3.85. The summed E-state index contributed by atoms with van der Waals surface area (Å²) in [6.07, 6.45) is 2.46. The molecule has 0 radical (unpaired) electrons. The van der Waals surface area contributed by atoms with E-state index >= 15 is 0 Å². The predicted octanol–water partition coefficient (Wildman–Crippen LogP) is 3.91. The van der Waals surface area contributed by atoms with Gasteiger partial charge in [0, 0.05) is 36.4 Å². The number of hydrogen-bond acceptors (Lipinski definition) is 6. The van der Waals surface area contributed by atoms with E-state index in [2.05, 4.69) is 15.7 Å². The second kappa shape index (κ2) is 9.79. The Balaban J connectivity index is 1.48. The lowest BCUT2D eigenvalue weighted by Gasteiger charge is -2.20. The van der Waals surface area contributed by atoms with E-state index in [-0.39, 0.29) is 17.6 Å². The van der Waals surface area contributed by atoms with E-state index in [1.807, 2.05) is 38.1 Å². The number of aromatic nitrogens is 4. The first kappa shape index (κ1) is 22.9. The Kier molecular flexibility index (Phi) is 6.41. The molecule has 1 aliphatic rings. The maximum atomic E-state index is 13.6. The van der Waals surface area contributed by atoms with Gasteiger partial charge in [-0.15, -0.1) is 0 Å². The molecule has 35 heavy (non-hydrogen) atoms. The maximum Gasteiger partial charge on any atom is 0.253 e. The second-order valence-electron chi connectivity index (χ2n) is 8.86. The summed E-state index contributed by atoms with van der Waals surface area (Å²) in [6.45, 7) is 5.57. The zero-order valence-electron chi connectivity index (χ0n) is 19.7. The average Bonchev–Trinajstić information content (AvgIpc) is 3.30. The van der Waals surface area contributed by atoms with Crippen LogP contribution in [0.3, 0.4) is 0 Å². The van der Waals surface area contributed by atoms with Gasteiger partial charge in [0.15, 0.2) is 0 Å². The van der Waals surface area contributed by atoms with Crippen LogP contribution in [0.4, 0.5) is 10.2 Å². The third-order valence-corrected chi connectivity index (χ3v) is 6.04. The highest BCUT2D eigenvalue weighted by Gasteiger charge is 2.20. The van der Waals surface area contributed by atoms with Crippen molar-refractivity contribution in [2.75, 3.05) is 11.9 Å². The monoisotopic (exact) mass is 474 g/mol. The SMILES string of the molecule is CC(C)C(=O)NCc1cccc2c1cnn2-c1nc2c(c(NCc3cccc(F)c3)n1)CCOC2. The van der Waals surface area contributed by atoms with Gasteiger partial charge in [0.25, 0.3) is 5.95 Å². The molecule has 9 heteroatoms. The summed E-state index contributed by atoms with van der Waals surface area (Å²) in [5, 5.41) is 11.8. The number of ether oxygens (including phenoxy) is 1. The summed E-state index contributed by atoms with van der Waals surface area (Å²) in [7, 11) is 0. The molecule has 0 spiro atoms. The number of carbonyl (C=O) groups excluding carboxylic acids is 1. The van der Waals surface area contributed by atoms with Crippen molar-refractivity contribution >= 4 is 22.6 Å². The van der Waals surface area contributed by atoms with Crippen LogP contribution in [-0.2, 0) is 35.6 Å².